The first-order valence-corrected chi connectivity index (χ1v) is 15.1. The number of nitrogens with one attached hydrogen (secondary N) is 2. The van der Waals surface area contributed by atoms with Crippen LogP contribution in [0, 0.1) is 0 Å². The molecule has 0 aromatic heterocycles. The van der Waals surface area contributed by atoms with Gasteiger partial charge in [-0.15, -0.1) is 0 Å². The molecule has 0 saturated carbocycles. The maximum Gasteiger partial charge on any atom is 0.260 e. The summed E-state index contributed by atoms with van der Waals surface area (Å²) in [6.45, 7) is 14.0. The summed E-state index contributed by atoms with van der Waals surface area (Å²) >= 11 is 6.78. The van der Waals surface area contributed by atoms with E-state index in [1.54, 1.807) is 11.0 Å². The summed E-state index contributed by atoms with van der Waals surface area (Å²) in [6.07, 6.45) is 5.24. The molecule has 3 aliphatic heterocycles. The Morgan fingerprint density at radius 1 is 1.23 bits per heavy atom. The average molecular weight is 605 g/mol. The number of amidine groups is 2. The van der Waals surface area contributed by atoms with E-state index in [-0.39, 0.29) is 18.2 Å². The second-order valence-corrected chi connectivity index (χ2v) is 10.5. The number of carbonyl (C=O) groups excluding carboxylic acids is 1. The first kappa shape index (κ1) is 32.2. The molecule has 3 heterocycles. The highest BCUT2D eigenvalue weighted by atomic mass is 35.5. The van der Waals surface area contributed by atoms with Crippen molar-refractivity contribution in [1.29, 1.82) is 0 Å². The van der Waals surface area contributed by atoms with E-state index in [2.05, 4.69) is 22.4 Å². The number of carbonyl (C=O) groups is 1. The van der Waals surface area contributed by atoms with Gasteiger partial charge >= 0.3 is 0 Å². The van der Waals surface area contributed by atoms with E-state index in [1.807, 2.05) is 76.2 Å². The molecule has 0 spiro atoms. The van der Waals surface area contributed by atoms with Crippen LogP contribution >= 0.6 is 11.6 Å². The Balaban J connectivity index is 0.00000207. The minimum atomic E-state index is -0.289. The van der Waals surface area contributed by atoms with Crippen molar-refractivity contribution in [3.05, 3.63) is 99.9 Å². The number of amides is 1. The molecule has 1 atom stereocenters. The molecule has 9 nitrogen and oxygen atoms in total. The van der Waals surface area contributed by atoms with E-state index in [0.29, 0.717) is 60.0 Å². The van der Waals surface area contributed by atoms with E-state index in [0.717, 1.165) is 35.1 Å². The lowest BCUT2D eigenvalue weighted by molar-refractivity contribution is -0.122. The molecular formula is C33H41ClN6O3. The average Bonchev–Trinajstić information content (AvgIpc) is 3.47. The van der Waals surface area contributed by atoms with Crippen LogP contribution < -0.4 is 16.5 Å². The zero-order chi connectivity index (χ0) is 30.9. The van der Waals surface area contributed by atoms with Gasteiger partial charge in [0.2, 0.25) is 0 Å². The van der Waals surface area contributed by atoms with Crippen LogP contribution in [0.5, 0.6) is 0 Å². The highest BCUT2D eigenvalue weighted by molar-refractivity contribution is 6.37. The molecular weight excluding hydrogens is 564 g/mol. The van der Waals surface area contributed by atoms with Gasteiger partial charge in [0, 0.05) is 53.1 Å². The Morgan fingerprint density at radius 3 is 2.63 bits per heavy atom. The van der Waals surface area contributed by atoms with Crippen LogP contribution in [0.2, 0.25) is 5.02 Å². The van der Waals surface area contributed by atoms with Gasteiger partial charge in [-0.1, -0.05) is 74.5 Å². The molecule has 43 heavy (non-hydrogen) atoms. The predicted octanol–water partition coefficient (Wildman–Crippen LogP) is 5.46. The van der Waals surface area contributed by atoms with Crippen LogP contribution in [-0.2, 0) is 27.5 Å². The minimum absolute atomic E-state index is 0.214. The largest absolute Gasteiger partial charge is 0.381 e. The monoisotopic (exact) mass is 604 g/mol. The fraction of sp³-hybridized carbons (Fsp3) is 0.364. The van der Waals surface area contributed by atoms with Crippen molar-refractivity contribution in [3.63, 3.8) is 0 Å². The van der Waals surface area contributed by atoms with Gasteiger partial charge in [0.1, 0.15) is 11.7 Å². The Bertz CT molecular complexity index is 1460. The maximum atomic E-state index is 14.2. The van der Waals surface area contributed by atoms with Crippen molar-refractivity contribution >= 4 is 34.8 Å². The second kappa shape index (κ2) is 15.1. The smallest absolute Gasteiger partial charge is 0.260 e. The third-order valence-corrected chi connectivity index (χ3v) is 7.48. The molecule has 0 aliphatic carbocycles. The number of rotatable bonds is 8. The second-order valence-electron chi connectivity index (χ2n) is 10.1. The lowest BCUT2D eigenvalue weighted by Gasteiger charge is -2.31. The Kier molecular flexibility index (Phi) is 11.3. The molecule has 0 radical (unpaired) electrons. The predicted molar refractivity (Wildman–Crippen MR) is 173 cm³/mol. The molecule has 1 unspecified atom stereocenters. The van der Waals surface area contributed by atoms with Crippen molar-refractivity contribution < 1.29 is 14.4 Å². The van der Waals surface area contributed by atoms with Gasteiger partial charge in [-0.3, -0.25) is 9.69 Å². The number of aliphatic imine (C=N–C) groups is 2. The fourth-order valence-corrected chi connectivity index (χ4v) is 5.30. The van der Waals surface area contributed by atoms with Crippen molar-refractivity contribution in [1.82, 2.24) is 15.7 Å². The lowest BCUT2D eigenvalue weighted by Crippen LogP contribution is -2.41. The third-order valence-electron chi connectivity index (χ3n) is 7.17. The molecule has 10 heteroatoms. The fourth-order valence-electron chi connectivity index (χ4n) is 5.02. The lowest BCUT2D eigenvalue weighted by atomic mass is 9.95. The van der Waals surface area contributed by atoms with Crippen molar-refractivity contribution in [3.8, 4) is 0 Å². The highest BCUT2D eigenvalue weighted by Crippen LogP contribution is 2.33. The van der Waals surface area contributed by atoms with Crippen molar-refractivity contribution in [2.45, 2.75) is 65.9 Å². The maximum absolute atomic E-state index is 14.2. The number of ether oxygens (including phenoxy) is 1. The van der Waals surface area contributed by atoms with Gasteiger partial charge in [-0.25, -0.2) is 20.3 Å². The summed E-state index contributed by atoms with van der Waals surface area (Å²) in [6, 6.07) is 13.6. The highest BCUT2D eigenvalue weighted by Gasteiger charge is 2.32. The van der Waals surface area contributed by atoms with E-state index < -0.39 is 0 Å². The normalized spacial score (nSPS) is 20.7. The summed E-state index contributed by atoms with van der Waals surface area (Å²) in [5, 5.41) is 3.83. The molecule has 1 amide bonds. The molecule has 2 aromatic rings. The SMILES string of the molecule is C=C(/N=C1\C(=C/C)C=C(c2ccc(C3=NC(C)ON3)cc2Cl)C(=O)N1Cc1cccc(CN)c1)NC1CCOCC1.CC. The van der Waals surface area contributed by atoms with Crippen LogP contribution in [0.1, 0.15) is 62.8 Å². The zero-order valence-electron chi connectivity index (χ0n) is 25.3. The number of allylic oxidation sites excluding steroid dienone is 1. The van der Waals surface area contributed by atoms with Crippen molar-refractivity contribution in [2.75, 3.05) is 13.2 Å². The summed E-state index contributed by atoms with van der Waals surface area (Å²) < 4.78 is 5.48. The van der Waals surface area contributed by atoms with Crippen LogP contribution in [0.15, 0.2) is 82.6 Å². The first-order valence-electron chi connectivity index (χ1n) is 14.8. The molecule has 5 rings (SSSR count). The number of hydrogen-bond donors (Lipinski definition) is 3. The van der Waals surface area contributed by atoms with Gasteiger partial charge in [-0.2, -0.15) is 0 Å². The summed E-state index contributed by atoms with van der Waals surface area (Å²) in [7, 11) is 0. The molecule has 1 fully saturated rings. The van der Waals surface area contributed by atoms with Gasteiger partial charge in [0.25, 0.3) is 5.91 Å². The number of hydroxylamine groups is 1. The number of benzene rings is 2. The Labute approximate surface area is 259 Å². The number of halogens is 1. The molecule has 3 aliphatic rings. The summed E-state index contributed by atoms with van der Waals surface area (Å²) in [4.78, 5) is 30.5. The van der Waals surface area contributed by atoms with Gasteiger partial charge in [0.05, 0.1) is 6.54 Å². The molecule has 228 valence electrons. The Morgan fingerprint density at radius 2 is 1.98 bits per heavy atom. The van der Waals surface area contributed by atoms with Gasteiger partial charge in [0.15, 0.2) is 12.1 Å². The number of nitrogens with two attached hydrogens (primary N) is 1. The van der Waals surface area contributed by atoms with E-state index in [9.17, 15) is 4.79 Å². The van der Waals surface area contributed by atoms with E-state index in [1.165, 1.54) is 0 Å². The first-order chi connectivity index (χ1) is 20.9. The van der Waals surface area contributed by atoms with Crippen molar-refractivity contribution in [2.24, 2.45) is 15.7 Å². The standard InChI is InChI=1S/C31H35ClN6O3.C2H6/c1-4-23-15-27(26-9-8-24(16-28(26)32)29-36-20(3)41-37-29)31(39)38(18-22-7-5-6-21(14-22)17-33)30(23)35-19(2)34-25-10-12-40-13-11-25;1-2/h4-9,14-16,20,25,34H,2,10-13,17-18,33H2,1,3H3,(H,36,37);1-2H3/b23-4-,35-30+;. The molecule has 2 aromatic carbocycles. The minimum Gasteiger partial charge on any atom is -0.381 e. The quantitative estimate of drug-likeness (QED) is 0.369. The Hall–Kier alpha value is -3.76. The summed E-state index contributed by atoms with van der Waals surface area (Å²) in [5.41, 5.74) is 13.3. The van der Waals surface area contributed by atoms with Crippen LogP contribution in [0.4, 0.5) is 0 Å². The molecule has 1 saturated heterocycles. The van der Waals surface area contributed by atoms with Crippen LogP contribution in [-0.4, -0.2) is 48.0 Å². The van der Waals surface area contributed by atoms with E-state index >= 15 is 0 Å². The third kappa shape index (κ3) is 7.80. The van der Waals surface area contributed by atoms with Crippen LogP contribution in [0.25, 0.3) is 5.57 Å². The van der Waals surface area contributed by atoms with Gasteiger partial charge < -0.3 is 15.8 Å². The molecule has 4 N–H and O–H groups in total. The molecule has 0 bridgehead atoms. The zero-order valence-corrected chi connectivity index (χ0v) is 26.1. The van der Waals surface area contributed by atoms with Gasteiger partial charge in [-0.05, 0) is 50.0 Å². The van der Waals surface area contributed by atoms with E-state index in [4.69, 9.17) is 31.9 Å². The summed E-state index contributed by atoms with van der Waals surface area (Å²) in [5.74, 6) is 1.40. The van der Waals surface area contributed by atoms with Crippen LogP contribution in [0.3, 0.4) is 0 Å². The number of nitrogens with zero attached hydrogens (tertiary/aromatic N) is 3. The number of hydrogen-bond acceptors (Lipinski definition) is 8. The topological polar surface area (TPSA) is 114 Å².